The molecule has 0 bridgehead atoms. The monoisotopic (exact) mass is 329 g/mol. The maximum absolute atomic E-state index is 12.4. The van der Waals surface area contributed by atoms with E-state index in [-0.39, 0.29) is 0 Å². The van der Waals surface area contributed by atoms with Gasteiger partial charge in [-0.15, -0.1) is 0 Å². The van der Waals surface area contributed by atoms with Gasteiger partial charge in [0, 0.05) is 49.8 Å². The molecule has 23 heavy (non-hydrogen) atoms. The summed E-state index contributed by atoms with van der Waals surface area (Å²) >= 11 is 1.94. The van der Waals surface area contributed by atoms with Gasteiger partial charge in [0.2, 0.25) is 5.91 Å². The van der Waals surface area contributed by atoms with Crippen molar-refractivity contribution in [3.05, 3.63) is 29.8 Å². The number of amides is 1. The van der Waals surface area contributed by atoms with E-state index >= 15 is 0 Å². The van der Waals surface area contributed by atoms with Gasteiger partial charge in [-0.05, 0) is 43.0 Å². The molecule has 0 saturated carbocycles. The molecular formula is C18H23N3OS. The summed E-state index contributed by atoms with van der Waals surface area (Å²) in [5, 5.41) is 8.86. The van der Waals surface area contributed by atoms with Crippen molar-refractivity contribution in [1.29, 1.82) is 5.26 Å². The molecule has 1 aromatic carbocycles. The van der Waals surface area contributed by atoms with E-state index in [1.807, 2.05) is 40.9 Å². The molecule has 0 radical (unpaired) electrons. The van der Waals surface area contributed by atoms with Crippen molar-refractivity contribution < 1.29 is 4.79 Å². The van der Waals surface area contributed by atoms with E-state index in [1.165, 1.54) is 5.69 Å². The van der Waals surface area contributed by atoms with Gasteiger partial charge in [0.05, 0.1) is 11.6 Å². The van der Waals surface area contributed by atoms with Gasteiger partial charge in [-0.1, -0.05) is 0 Å². The zero-order valence-electron chi connectivity index (χ0n) is 13.4. The lowest BCUT2D eigenvalue weighted by molar-refractivity contribution is -0.132. The lowest BCUT2D eigenvalue weighted by atomic mass is 9.92. The van der Waals surface area contributed by atoms with E-state index in [0.29, 0.717) is 23.8 Å². The van der Waals surface area contributed by atoms with Gasteiger partial charge in [-0.25, -0.2) is 0 Å². The number of nitriles is 1. The van der Waals surface area contributed by atoms with Gasteiger partial charge in [-0.2, -0.15) is 17.0 Å². The summed E-state index contributed by atoms with van der Waals surface area (Å²) in [5.74, 6) is 3.04. The number of rotatable bonds is 3. The molecule has 2 aliphatic heterocycles. The first kappa shape index (κ1) is 16.2. The van der Waals surface area contributed by atoms with Crippen LogP contribution in [0.25, 0.3) is 0 Å². The summed E-state index contributed by atoms with van der Waals surface area (Å²) in [4.78, 5) is 16.8. The second kappa shape index (κ2) is 7.74. The Kier molecular flexibility index (Phi) is 5.45. The van der Waals surface area contributed by atoms with Gasteiger partial charge in [-0.3, -0.25) is 4.79 Å². The number of piperidine rings is 1. The smallest absolute Gasteiger partial charge is 0.222 e. The number of nitrogens with zero attached hydrogens (tertiary/aromatic N) is 3. The topological polar surface area (TPSA) is 47.3 Å². The Morgan fingerprint density at radius 1 is 1.13 bits per heavy atom. The minimum atomic E-state index is 0.349. The summed E-state index contributed by atoms with van der Waals surface area (Å²) in [6.45, 7) is 3.85. The summed E-state index contributed by atoms with van der Waals surface area (Å²) in [7, 11) is 0. The van der Waals surface area contributed by atoms with Crippen LogP contribution in [0.1, 0.15) is 24.8 Å². The number of anilines is 1. The van der Waals surface area contributed by atoms with Gasteiger partial charge < -0.3 is 9.80 Å². The predicted octanol–water partition coefficient (Wildman–Crippen LogP) is 2.74. The minimum Gasteiger partial charge on any atom is -0.372 e. The molecule has 122 valence electrons. The van der Waals surface area contributed by atoms with Crippen LogP contribution in [0, 0.1) is 17.2 Å². The highest BCUT2D eigenvalue weighted by atomic mass is 32.2. The Labute approximate surface area is 142 Å². The molecule has 2 aliphatic rings. The quantitative estimate of drug-likeness (QED) is 0.855. The van der Waals surface area contributed by atoms with E-state index in [1.54, 1.807) is 0 Å². The fourth-order valence-corrected chi connectivity index (χ4v) is 4.23. The molecular weight excluding hydrogens is 306 g/mol. The fourth-order valence-electron chi connectivity index (χ4n) is 3.33. The van der Waals surface area contributed by atoms with Crippen LogP contribution < -0.4 is 4.90 Å². The second-order valence-corrected chi connectivity index (χ2v) is 7.51. The Balaban J connectivity index is 1.48. The highest BCUT2D eigenvalue weighted by Crippen LogP contribution is 2.26. The third kappa shape index (κ3) is 4.20. The maximum Gasteiger partial charge on any atom is 0.222 e. The molecule has 1 amide bonds. The van der Waals surface area contributed by atoms with Crippen LogP contribution >= 0.6 is 11.8 Å². The molecule has 0 aromatic heterocycles. The summed E-state index contributed by atoms with van der Waals surface area (Å²) in [6, 6.07) is 9.95. The SMILES string of the molecule is N#Cc1ccc(N2CCC(CC(=O)N3CCSCC3)CC2)cc1. The van der Waals surface area contributed by atoms with Crippen molar-refractivity contribution in [2.24, 2.45) is 5.92 Å². The van der Waals surface area contributed by atoms with Crippen LogP contribution in [0.3, 0.4) is 0 Å². The van der Waals surface area contributed by atoms with Crippen LogP contribution in [-0.2, 0) is 4.79 Å². The van der Waals surface area contributed by atoms with E-state index in [4.69, 9.17) is 5.26 Å². The highest BCUT2D eigenvalue weighted by molar-refractivity contribution is 7.99. The van der Waals surface area contributed by atoms with Crippen LogP contribution in [0.15, 0.2) is 24.3 Å². The molecule has 0 atom stereocenters. The number of hydrogen-bond donors (Lipinski definition) is 0. The van der Waals surface area contributed by atoms with Crippen molar-refractivity contribution in [1.82, 2.24) is 4.90 Å². The first-order chi connectivity index (χ1) is 11.3. The fraction of sp³-hybridized carbons (Fsp3) is 0.556. The van der Waals surface area contributed by atoms with Crippen molar-refractivity contribution in [2.45, 2.75) is 19.3 Å². The molecule has 0 unspecified atom stereocenters. The Hall–Kier alpha value is -1.67. The van der Waals surface area contributed by atoms with Crippen LogP contribution in [0.2, 0.25) is 0 Å². The molecule has 0 N–H and O–H groups in total. The van der Waals surface area contributed by atoms with Gasteiger partial charge in [0.25, 0.3) is 0 Å². The molecule has 0 aliphatic carbocycles. The molecule has 2 saturated heterocycles. The number of carbonyl (C=O) groups is 1. The third-order valence-electron chi connectivity index (χ3n) is 4.80. The van der Waals surface area contributed by atoms with Crippen LogP contribution in [0.4, 0.5) is 5.69 Å². The van der Waals surface area contributed by atoms with E-state index in [2.05, 4.69) is 11.0 Å². The lowest BCUT2D eigenvalue weighted by Crippen LogP contribution is -2.40. The van der Waals surface area contributed by atoms with E-state index < -0.39 is 0 Å². The third-order valence-corrected chi connectivity index (χ3v) is 5.75. The molecule has 1 aromatic rings. The maximum atomic E-state index is 12.4. The highest BCUT2D eigenvalue weighted by Gasteiger charge is 2.24. The first-order valence-corrected chi connectivity index (χ1v) is 9.52. The van der Waals surface area contributed by atoms with E-state index in [9.17, 15) is 4.79 Å². The normalized spacial score (nSPS) is 19.4. The molecule has 3 rings (SSSR count). The second-order valence-electron chi connectivity index (χ2n) is 6.29. The lowest BCUT2D eigenvalue weighted by Gasteiger charge is -2.35. The van der Waals surface area contributed by atoms with Gasteiger partial charge in [0.15, 0.2) is 0 Å². The summed E-state index contributed by atoms with van der Waals surface area (Å²) in [5.41, 5.74) is 1.88. The number of hydrogen-bond acceptors (Lipinski definition) is 4. The average Bonchev–Trinajstić information content (AvgIpc) is 2.63. The molecule has 4 nitrogen and oxygen atoms in total. The molecule has 2 fully saturated rings. The number of carbonyl (C=O) groups excluding carboxylic acids is 1. The Morgan fingerprint density at radius 2 is 1.78 bits per heavy atom. The van der Waals surface area contributed by atoms with Crippen LogP contribution in [0.5, 0.6) is 0 Å². The summed E-state index contributed by atoms with van der Waals surface area (Å²) < 4.78 is 0. The van der Waals surface area contributed by atoms with Gasteiger partial charge >= 0.3 is 0 Å². The zero-order valence-corrected chi connectivity index (χ0v) is 14.2. The Bertz CT molecular complexity index is 567. The average molecular weight is 329 g/mol. The van der Waals surface area contributed by atoms with Gasteiger partial charge in [0.1, 0.15) is 0 Å². The van der Waals surface area contributed by atoms with Crippen molar-refractivity contribution >= 4 is 23.4 Å². The molecule has 5 heteroatoms. The first-order valence-electron chi connectivity index (χ1n) is 8.37. The summed E-state index contributed by atoms with van der Waals surface area (Å²) in [6.07, 6.45) is 2.87. The standard InChI is InChI=1S/C18H23N3OS/c19-14-16-1-3-17(4-2-16)20-7-5-15(6-8-20)13-18(22)21-9-11-23-12-10-21/h1-4,15H,5-13H2. The number of thioether (sulfide) groups is 1. The molecule has 0 spiro atoms. The van der Waals surface area contributed by atoms with Crippen molar-refractivity contribution in [3.8, 4) is 6.07 Å². The largest absolute Gasteiger partial charge is 0.372 e. The van der Waals surface area contributed by atoms with E-state index in [0.717, 1.165) is 50.5 Å². The zero-order chi connectivity index (χ0) is 16.1. The molecule has 2 heterocycles. The minimum absolute atomic E-state index is 0.349. The predicted molar refractivity (Wildman–Crippen MR) is 94.6 cm³/mol. The van der Waals surface area contributed by atoms with Crippen molar-refractivity contribution in [2.75, 3.05) is 42.6 Å². The number of benzene rings is 1. The van der Waals surface area contributed by atoms with Crippen LogP contribution in [-0.4, -0.2) is 48.5 Å². The Morgan fingerprint density at radius 3 is 2.39 bits per heavy atom. The van der Waals surface area contributed by atoms with Crippen molar-refractivity contribution in [3.63, 3.8) is 0 Å².